The Morgan fingerprint density at radius 3 is 2.14 bits per heavy atom. The molecule has 0 spiro atoms. The lowest BCUT2D eigenvalue weighted by molar-refractivity contribution is -0.0309. The first kappa shape index (κ1) is 28.7. The zero-order valence-electron chi connectivity index (χ0n) is 22.2. The summed E-state index contributed by atoms with van der Waals surface area (Å²) in [4.78, 5) is 25.6. The molecule has 2 aromatic rings. The highest BCUT2D eigenvalue weighted by molar-refractivity contribution is 5.75. The van der Waals surface area contributed by atoms with E-state index in [4.69, 9.17) is 4.74 Å². The van der Waals surface area contributed by atoms with Crippen molar-refractivity contribution in [2.24, 2.45) is 0 Å². The molecule has 3 rings (SSSR count). The lowest BCUT2D eigenvalue weighted by atomic mass is 9.97. The molecule has 2 aromatic carbocycles. The van der Waals surface area contributed by atoms with E-state index < -0.39 is 11.1 Å². The SMILES string of the molecule is CNC(=O)NC(C)(C)C#Cc1ccc(C(C)N2CCC(CC(C)(C)O)OC2=O)cc1.c1ccccc1. The predicted octanol–water partition coefficient (Wildman–Crippen LogP) is 4.87. The molecule has 0 aromatic heterocycles. The Balaban J connectivity index is 0.000000662. The first-order valence-electron chi connectivity index (χ1n) is 12.2. The van der Waals surface area contributed by atoms with Gasteiger partial charge in [0.1, 0.15) is 6.10 Å². The Labute approximate surface area is 215 Å². The summed E-state index contributed by atoms with van der Waals surface area (Å²) in [5.74, 6) is 6.13. The Kier molecular flexibility index (Phi) is 10.4. The number of ether oxygens (including phenoxy) is 1. The fourth-order valence-electron chi connectivity index (χ4n) is 3.71. The number of hydrogen-bond acceptors (Lipinski definition) is 4. The molecule has 0 saturated carbocycles. The second-order valence-electron chi connectivity index (χ2n) is 10.0. The van der Waals surface area contributed by atoms with Gasteiger partial charge in [0.2, 0.25) is 0 Å². The van der Waals surface area contributed by atoms with Gasteiger partial charge in [-0.3, -0.25) is 0 Å². The molecule has 3 amide bonds. The fraction of sp³-hybridized carbons (Fsp3) is 0.448. The van der Waals surface area contributed by atoms with E-state index in [1.165, 1.54) is 0 Å². The van der Waals surface area contributed by atoms with E-state index in [0.717, 1.165) is 11.1 Å². The molecular weight excluding hydrogens is 454 g/mol. The number of nitrogens with one attached hydrogen (secondary N) is 2. The first-order valence-corrected chi connectivity index (χ1v) is 12.2. The van der Waals surface area contributed by atoms with Gasteiger partial charge in [0.15, 0.2) is 0 Å². The third-order valence-corrected chi connectivity index (χ3v) is 5.62. The van der Waals surface area contributed by atoms with Crippen LogP contribution < -0.4 is 10.6 Å². The zero-order valence-corrected chi connectivity index (χ0v) is 22.2. The van der Waals surface area contributed by atoms with Gasteiger partial charge >= 0.3 is 12.1 Å². The molecule has 0 aliphatic carbocycles. The Bertz CT molecular complexity index is 1010. The Morgan fingerprint density at radius 2 is 1.67 bits per heavy atom. The van der Waals surface area contributed by atoms with E-state index in [-0.39, 0.29) is 24.3 Å². The maximum absolute atomic E-state index is 12.5. The second kappa shape index (κ2) is 13.0. The van der Waals surface area contributed by atoms with E-state index in [1.54, 1.807) is 25.8 Å². The van der Waals surface area contributed by atoms with Crippen LogP contribution in [0.25, 0.3) is 0 Å². The van der Waals surface area contributed by atoms with Crippen LogP contribution in [-0.2, 0) is 4.74 Å². The van der Waals surface area contributed by atoms with Crippen molar-refractivity contribution in [2.45, 2.75) is 70.7 Å². The van der Waals surface area contributed by atoms with Crippen LogP contribution in [0, 0.1) is 11.8 Å². The average Bonchev–Trinajstić information content (AvgIpc) is 2.83. The molecule has 1 aliphatic heterocycles. The monoisotopic (exact) mass is 493 g/mol. The van der Waals surface area contributed by atoms with Crippen molar-refractivity contribution in [3.8, 4) is 11.8 Å². The molecule has 194 valence electrons. The number of hydrogen-bond donors (Lipinski definition) is 3. The van der Waals surface area contributed by atoms with Crippen molar-refractivity contribution in [3.05, 3.63) is 71.8 Å². The third-order valence-electron chi connectivity index (χ3n) is 5.62. The maximum Gasteiger partial charge on any atom is 0.410 e. The topological polar surface area (TPSA) is 90.9 Å². The lowest BCUT2D eigenvalue weighted by Crippen LogP contribution is -2.46. The third kappa shape index (κ3) is 10.0. The Hall–Kier alpha value is -3.50. The molecule has 1 heterocycles. The van der Waals surface area contributed by atoms with Crippen molar-refractivity contribution >= 4 is 12.1 Å². The number of nitrogens with zero attached hydrogens (tertiary/aromatic N) is 1. The summed E-state index contributed by atoms with van der Waals surface area (Å²) in [6, 6.07) is 19.3. The molecule has 3 N–H and O–H groups in total. The van der Waals surface area contributed by atoms with Crippen LogP contribution in [0.1, 0.15) is 64.6 Å². The highest BCUT2D eigenvalue weighted by Gasteiger charge is 2.33. The minimum atomic E-state index is -0.861. The van der Waals surface area contributed by atoms with Gasteiger partial charge in [0, 0.05) is 32.0 Å². The molecule has 0 radical (unpaired) electrons. The minimum Gasteiger partial charge on any atom is -0.446 e. The highest BCUT2D eigenvalue weighted by Crippen LogP contribution is 2.28. The number of carbonyl (C=O) groups is 2. The van der Waals surface area contributed by atoms with Gasteiger partial charge in [-0.2, -0.15) is 0 Å². The van der Waals surface area contributed by atoms with Crippen LogP contribution in [0.4, 0.5) is 9.59 Å². The number of benzene rings is 2. The number of cyclic esters (lactones) is 1. The molecule has 1 aliphatic rings. The summed E-state index contributed by atoms with van der Waals surface area (Å²) in [7, 11) is 1.56. The van der Waals surface area contributed by atoms with Gasteiger partial charge in [0.05, 0.1) is 17.2 Å². The fourth-order valence-corrected chi connectivity index (χ4v) is 3.71. The number of rotatable bonds is 5. The summed E-state index contributed by atoms with van der Waals surface area (Å²) in [5.41, 5.74) is 0.286. The van der Waals surface area contributed by atoms with Crippen molar-refractivity contribution in [1.29, 1.82) is 0 Å². The van der Waals surface area contributed by atoms with Crippen LogP contribution in [0.3, 0.4) is 0 Å². The van der Waals surface area contributed by atoms with Gasteiger partial charge in [-0.1, -0.05) is 60.4 Å². The molecule has 36 heavy (non-hydrogen) atoms. The molecule has 1 saturated heterocycles. The normalized spacial score (nSPS) is 16.4. The van der Waals surface area contributed by atoms with E-state index in [9.17, 15) is 14.7 Å². The van der Waals surface area contributed by atoms with Crippen molar-refractivity contribution in [3.63, 3.8) is 0 Å². The van der Waals surface area contributed by atoms with Gasteiger partial charge in [0.25, 0.3) is 0 Å². The summed E-state index contributed by atoms with van der Waals surface area (Å²) in [5, 5.41) is 15.2. The number of aliphatic hydroxyl groups is 1. The van der Waals surface area contributed by atoms with Crippen LogP contribution in [0.15, 0.2) is 60.7 Å². The minimum absolute atomic E-state index is 0.131. The van der Waals surface area contributed by atoms with E-state index in [1.807, 2.05) is 81.4 Å². The van der Waals surface area contributed by atoms with E-state index >= 15 is 0 Å². The summed E-state index contributed by atoms with van der Waals surface area (Å²) < 4.78 is 5.52. The van der Waals surface area contributed by atoms with Gasteiger partial charge in [-0.05, 0) is 52.3 Å². The molecular formula is C29H39N3O4. The Morgan fingerprint density at radius 1 is 1.11 bits per heavy atom. The predicted molar refractivity (Wildman–Crippen MR) is 142 cm³/mol. The summed E-state index contributed by atoms with van der Waals surface area (Å²) >= 11 is 0. The molecule has 2 atom stereocenters. The first-order chi connectivity index (χ1) is 16.9. The van der Waals surface area contributed by atoms with Gasteiger partial charge < -0.3 is 25.4 Å². The quantitative estimate of drug-likeness (QED) is 0.519. The van der Waals surface area contributed by atoms with E-state index in [2.05, 4.69) is 22.5 Å². The van der Waals surface area contributed by atoms with Gasteiger partial charge in [-0.15, -0.1) is 0 Å². The van der Waals surface area contributed by atoms with Gasteiger partial charge in [-0.25, -0.2) is 9.59 Å². The van der Waals surface area contributed by atoms with E-state index in [0.29, 0.717) is 19.4 Å². The lowest BCUT2D eigenvalue weighted by Gasteiger charge is -2.37. The van der Waals surface area contributed by atoms with Crippen LogP contribution in [-0.4, -0.2) is 53.0 Å². The summed E-state index contributed by atoms with van der Waals surface area (Å²) in [6.07, 6.45) is 0.510. The largest absolute Gasteiger partial charge is 0.446 e. The zero-order chi connectivity index (χ0) is 26.8. The maximum atomic E-state index is 12.5. The van der Waals surface area contributed by atoms with Crippen molar-refractivity contribution < 1.29 is 19.4 Å². The number of amides is 3. The molecule has 1 fully saturated rings. The van der Waals surface area contributed by atoms with Crippen LogP contribution >= 0.6 is 0 Å². The number of urea groups is 1. The van der Waals surface area contributed by atoms with Crippen LogP contribution in [0.5, 0.6) is 0 Å². The summed E-state index contributed by atoms with van der Waals surface area (Å²) in [6.45, 7) is 9.65. The molecule has 0 bridgehead atoms. The van der Waals surface area contributed by atoms with Crippen molar-refractivity contribution in [2.75, 3.05) is 13.6 Å². The highest BCUT2D eigenvalue weighted by atomic mass is 16.6. The van der Waals surface area contributed by atoms with Crippen molar-refractivity contribution in [1.82, 2.24) is 15.5 Å². The average molecular weight is 494 g/mol. The standard InChI is InChI=1S/C23H33N3O4.C6H6/c1-16(26-14-12-19(30-21(26)28)15-23(4,5)29)18-9-7-17(8-10-18)11-13-22(2,3)25-20(27)24-6;1-2-4-6-5-3-1/h7-10,16,19,29H,12,14-15H2,1-6H3,(H2,24,25,27);1-6H. The molecule has 7 heteroatoms. The van der Waals surface area contributed by atoms with Crippen LogP contribution in [0.2, 0.25) is 0 Å². The second-order valence-corrected chi connectivity index (χ2v) is 10.0. The molecule has 7 nitrogen and oxygen atoms in total. The number of carbonyl (C=O) groups excluding carboxylic acids is 2. The molecule has 2 unspecified atom stereocenters. The smallest absolute Gasteiger partial charge is 0.410 e.